The summed E-state index contributed by atoms with van der Waals surface area (Å²) in [4.78, 5) is 12.0. The quantitative estimate of drug-likeness (QED) is 0.564. The molecule has 0 aliphatic carbocycles. The van der Waals surface area contributed by atoms with E-state index < -0.39 is 0 Å². The lowest BCUT2D eigenvalue weighted by Crippen LogP contribution is -2.29. The zero-order valence-corrected chi connectivity index (χ0v) is 16.8. The van der Waals surface area contributed by atoms with E-state index in [0.717, 1.165) is 30.6 Å². The molecule has 0 bridgehead atoms. The Hall–Kier alpha value is -2.89. The van der Waals surface area contributed by atoms with Gasteiger partial charge in [0.25, 0.3) is 5.91 Å². The summed E-state index contributed by atoms with van der Waals surface area (Å²) >= 11 is 0. The first-order valence-electron chi connectivity index (χ1n) is 9.49. The second kappa shape index (κ2) is 11.7. The Morgan fingerprint density at radius 3 is 2.32 bits per heavy atom. The van der Waals surface area contributed by atoms with Crippen molar-refractivity contribution >= 4 is 5.91 Å². The van der Waals surface area contributed by atoms with Gasteiger partial charge in [0.1, 0.15) is 23.0 Å². The van der Waals surface area contributed by atoms with Crippen molar-refractivity contribution in [3.8, 4) is 23.0 Å². The molecule has 0 saturated heterocycles. The van der Waals surface area contributed by atoms with Crippen LogP contribution < -0.4 is 24.3 Å². The number of para-hydroxylation sites is 1. The Balaban J connectivity index is 1.74. The Bertz CT molecular complexity index is 725. The number of amides is 1. The molecule has 6 heteroatoms. The van der Waals surface area contributed by atoms with Crippen LogP contribution in [0, 0.1) is 0 Å². The van der Waals surface area contributed by atoms with Gasteiger partial charge in [0, 0.05) is 24.7 Å². The topological polar surface area (TPSA) is 66.0 Å². The van der Waals surface area contributed by atoms with E-state index in [1.807, 2.05) is 18.2 Å². The number of hydrogen-bond donors (Lipinski definition) is 1. The molecule has 2 aromatic rings. The molecule has 0 fully saturated rings. The first kappa shape index (κ1) is 21.4. The van der Waals surface area contributed by atoms with Crippen LogP contribution in [0.2, 0.25) is 0 Å². The maximum atomic E-state index is 12.0. The molecule has 0 atom stereocenters. The van der Waals surface area contributed by atoms with E-state index in [-0.39, 0.29) is 12.5 Å². The lowest BCUT2D eigenvalue weighted by Gasteiger charge is -2.12. The molecule has 2 rings (SSSR count). The third-order valence-electron chi connectivity index (χ3n) is 4.07. The average molecular weight is 387 g/mol. The van der Waals surface area contributed by atoms with Crippen LogP contribution in [0.25, 0.3) is 0 Å². The minimum Gasteiger partial charge on any atom is -0.496 e. The molecular formula is C22H29NO5. The molecule has 0 aromatic heterocycles. The molecule has 0 radical (unpaired) electrons. The van der Waals surface area contributed by atoms with E-state index in [2.05, 4.69) is 18.3 Å². The first-order chi connectivity index (χ1) is 13.7. The number of ether oxygens (including phenoxy) is 4. The van der Waals surface area contributed by atoms with Crippen LogP contribution in [0.3, 0.4) is 0 Å². The molecule has 0 saturated carbocycles. The highest BCUT2D eigenvalue weighted by atomic mass is 16.5. The third kappa shape index (κ3) is 7.02. The van der Waals surface area contributed by atoms with Crippen LogP contribution in [0.15, 0.2) is 42.5 Å². The van der Waals surface area contributed by atoms with Gasteiger partial charge in [0.15, 0.2) is 6.61 Å². The Labute approximate surface area is 166 Å². The second-order valence-electron chi connectivity index (χ2n) is 6.25. The molecule has 28 heavy (non-hydrogen) atoms. The Morgan fingerprint density at radius 2 is 1.64 bits per heavy atom. The predicted molar refractivity (Wildman–Crippen MR) is 109 cm³/mol. The standard InChI is InChI=1S/C22H29NO5/c1-4-12-27-21-10-6-5-8-17(21)9-7-11-23-22(24)16-28-20-14-18(25-2)13-19(15-20)26-3/h5-6,8,10,13-15H,4,7,9,11-12,16H2,1-3H3,(H,23,24). The lowest BCUT2D eigenvalue weighted by atomic mass is 10.1. The van der Waals surface area contributed by atoms with Crippen molar-refractivity contribution in [1.29, 1.82) is 0 Å². The minimum absolute atomic E-state index is 0.0630. The van der Waals surface area contributed by atoms with Crippen molar-refractivity contribution in [3.05, 3.63) is 48.0 Å². The summed E-state index contributed by atoms with van der Waals surface area (Å²) < 4.78 is 21.7. The molecule has 152 valence electrons. The van der Waals surface area contributed by atoms with Gasteiger partial charge in [0.05, 0.1) is 20.8 Å². The number of rotatable bonds is 12. The zero-order valence-electron chi connectivity index (χ0n) is 16.8. The number of aryl methyl sites for hydroxylation is 1. The van der Waals surface area contributed by atoms with Crippen molar-refractivity contribution in [2.24, 2.45) is 0 Å². The number of carbonyl (C=O) groups excluding carboxylic acids is 1. The fourth-order valence-corrected chi connectivity index (χ4v) is 2.63. The van der Waals surface area contributed by atoms with E-state index in [1.165, 1.54) is 0 Å². The predicted octanol–water partition coefficient (Wildman–Crippen LogP) is 3.62. The monoisotopic (exact) mass is 387 g/mol. The van der Waals surface area contributed by atoms with Gasteiger partial charge < -0.3 is 24.3 Å². The summed E-state index contributed by atoms with van der Waals surface area (Å²) in [5, 5.41) is 2.88. The van der Waals surface area contributed by atoms with Crippen molar-refractivity contribution in [1.82, 2.24) is 5.32 Å². The minimum atomic E-state index is -0.169. The molecule has 0 heterocycles. The van der Waals surface area contributed by atoms with Gasteiger partial charge in [-0.15, -0.1) is 0 Å². The van der Waals surface area contributed by atoms with Crippen molar-refractivity contribution in [2.75, 3.05) is 34.0 Å². The van der Waals surface area contributed by atoms with Crippen LogP contribution in [0.1, 0.15) is 25.3 Å². The van der Waals surface area contributed by atoms with Crippen molar-refractivity contribution in [2.45, 2.75) is 26.2 Å². The molecule has 6 nitrogen and oxygen atoms in total. The van der Waals surface area contributed by atoms with Crippen molar-refractivity contribution < 1.29 is 23.7 Å². The van der Waals surface area contributed by atoms with E-state index in [9.17, 15) is 4.79 Å². The fourth-order valence-electron chi connectivity index (χ4n) is 2.63. The highest BCUT2D eigenvalue weighted by Crippen LogP contribution is 2.27. The summed E-state index contributed by atoms with van der Waals surface area (Å²) in [6, 6.07) is 13.2. The van der Waals surface area contributed by atoms with Crippen LogP contribution >= 0.6 is 0 Å². The lowest BCUT2D eigenvalue weighted by molar-refractivity contribution is -0.123. The molecule has 2 aromatic carbocycles. The summed E-state index contributed by atoms with van der Waals surface area (Å²) in [5.41, 5.74) is 1.16. The maximum Gasteiger partial charge on any atom is 0.257 e. The van der Waals surface area contributed by atoms with Gasteiger partial charge >= 0.3 is 0 Å². The average Bonchev–Trinajstić information content (AvgIpc) is 2.74. The van der Waals surface area contributed by atoms with Crippen LogP contribution in [-0.4, -0.2) is 39.9 Å². The smallest absolute Gasteiger partial charge is 0.257 e. The molecule has 0 aliphatic heterocycles. The summed E-state index contributed by atoms with van der Waals surface area (Å²) in [5.74, 6) is 2.49. The molecular weight excluding hydrogens is 358 g/mol. The Morgan fingerprint density at radius 1 is 0.964 bits per heavy atom. The van der Waals surface area contributed by atoms with Crippen LogP contribution in [-0.2, 0) is 11.2 Å². The highest BCUT2D eigenvalue weighted by Gasteiger charge is 2.07. The Kier molecular flexibility index (Phi) is 8.98. The molecule has 0 spiro atoms. The van der Waals surface area contributed by atoms with E-state index in [4.69, 9.17) is 18.9 Å². The molecule has 0 unspecified atom stereocenters. The third-order valence-corrected chi connectivity index (χ3v) is 4.07. The molecule has 1 N–H and O–H groups in total. The SMILES string of the molecule is CCCOc1ccccc1CCCNC(=O)COc1cc(OC)cc(OC)c1. The van der Waals surface area contributed by atoms with Crippen LogP contribution in [0.5, 0.6) is 23.0 Å². The van der Waals surface area contributed by atoms with E-state index in [1.54, 1.807) is 32.4 Å². The van der Waals surface area contributed by atoms with E-state index >= 15 is 0 Å². The fraction of sp³-hybridized carbons (Fsp3) is 0.409. The second-order valence-corrected chi connectivity index (χ2v) is 6.25. The first-order valence-corrected chi connectivity index (χ1v) is 9.49. The van der Waals surface area contributed by atoms with Gasteiger partial charge in [-0.3, -0.25) is 4.79 Å². The van der Waals surface area contributed by atoms with Gasteiger partial charge in [0.2, 0.25) is 0 Å². The molecule has 0 aliphatic rings. The van der Waals surface area contributed by atoms with Gasteiger partial charge in [-0.2, -0.15) is 0 Å². The summed E-state index contributed by atoms with van der Waals surface area (Å²) in [7, 11) is 3.13. The largest absolute Gasteiger partial charge is 0.496 e. The van der Waals surface area contributed by atoms with Gasteiger partial charge in [-0.25, -0.2) is 0 Å². The summed E-state index contributed by atoms with van der Waals surface area (Å²) in [6.45, 7) is 3.31. The number of benzene rings is 2. The van der Waals surface area contributed by atoms with Gasteiger partial charge in [-0.1, -0.05) is 25.1 Å². The van der Waals surface area contributed by atoms with E-state index in [0.29, 0.717) is 30.4 Å². The summed E-state index contributed by atoms with van der Waals surface area (Å²) in [6.07, 6.45) is 2.64. The zero-order chi connectivity index (χ0) is 20.2. The number of nitrogens with one attached hydrogen (secondary N) is 1. The normalized spacial score (nSPS) is 10.2. The van der Waals surface area contributed by atoms with Crippen LogP contribution in [0.4, 0.5) is 0 Å². The highest BCUT2D eigenvalue weighted by molar-refractivity contribution is 5.77. The maximum absolute atomic E-state index is 12.0. The number of carbonyl (C=O) groups is 1. The van der Waals surface area contributed by atoms with Crippen molar-refractivity contribution in [3.63, 3.8) is 0 Å². The number of hydrogen-bond acceptors (Lipinski definition) is 5. The number of methoxy groups -OCH3 is 2. The van der Waals surface area contributed by atoms with Gasteiger partial charge in [-0.05, 0) is 30.9 Å². The molecule has 1 amide bonds.